The first-order valence-corrected chi connectivity index (χ1v) is 4.20. The SMILES string of the molecule is CC1C(O)[C@H](O)C(CO)O[C@H]1C. The van der Waals surface area contributed by atoms with E-state index in [9.17, 15) is 10.2 Å². The Morgan fingerprint density at radius 3 is 2.25 bits per heavy atom. The van der Waals surface area contributed by atoms with Crippen molar-refractivity contribution in [1.82, 2.24) is 0 Å². The fourth-order valence-electron chi connectivity index (χ4n) is 1.44. The maximum absolute atomic E-state index is 9.48. The van der Waals surface area contributed by atoms with Crippen LogP contribution in [0.2, 0.25) is 0 Å². The Morgan fingerprint density at radius 2 is 1.75 bits per heavy atom. The summed E-state index contributed by atoms with van der Waals surface area (Å²) in [4.78, 5) is 0. The van der Waals surface area contributed by atoms with Crippen LogP contribution in [0.1, 0.15) is 13.8 Å². The van der Waals surface area contributed by atoms with Crippen molar-refractivity contribution >= 4 is 0 Å². The number of ether oxygens (including phenoxy) is 1. The maximum Gasteiger partial charge on any atom is 0.109 e. The average molecular weight is 176 g/mol. The molecule has 1 saturated heterocycles. The van der Waals surface area contributed by atoms with E-state index in [2.05, 4.69) is 0 Å². The van der Waals surface area contributed by atoms with Gasteiger partial charge in [0.1, 0.15) is 12.2 Å². The molecule has 4 nitrogen and oxygen atoms in total. The van der Waals surface area contributed by atoms with Crippen LogP contribution in [0.5, 0.6) is 0 Å². The second-order valence-electron chi connectivity index (χ2n) is 3.40. The van der Waals surface area contributed by atoms with Crippen LogP contribution in [0, 0.1) is 5.92 Å². The monoisotopic (exact) mass is 176 g/mol. The van der Waals surface area contributed by atoms with Crippen LogP contribution < -0.4 is 0 Å². The predicted octanol–water partition coefficient (Wildman–Crippen LogP) is -0.876. The zero-order chi connectivity index (χ0) is 9.30. The first-order valence-electron chi connectivity index (χ1n) is 4.20. The van der Waals surface area contributed by atoms with Gasteiger partial charge in [0.05, 0.1) is 18.8 Å². The van der Waals surface area contributed by atoms with E-state index < -0.39 is 18.3 Å². The Balaban J connectivity index is 2.63. The van der Waals surface area contributed by atoms with Crippen LogP contribution in [0.4, 0.5) is 0 Å². The molecule has 0 bridgehead atoms. The molecule has 1 heterocycles. The Hall–Kier alpha value is -0.160. The molecule has 3 N–H and O–H groups in total. The number of aliphatic hydroxyl groups is 3. The molecule has 4 heteroatoms. The van der Waals surface area contributed by atoms with E-state index >= 15 is 0 Å². The van der Waals surface area contributed by atoms with E-state index in [1.54, 1.807) is 0 Å². The topological polar surface area (TPSA) is 69.9 Å². The summed E-state index contributed by atoms with van der Waals surface area (Å²) in [6, 6.07) is 0. The molecule has 5 atom stereocenters. The summed E-state index contributed by atoms with van der Waals surface area (Å²) in [6.45, 7) is 3.38. The fourth-order valence-corrected chi connectivity index (χ4v) is 1.44. The van der Waals surface area contributed by atoms with Crippen LogP contribution in [0.15, 0.2) is 0 Å². The highest BCUT2D eigenvalue weighted by Crippen LogP contribution is 2.25. The molecule has 0 amide bonds. The third-order valence-corrected chi connectivity index (χ3v) is 2.58. The van der Waals surface area contributed by atoms with Gasteiger partial charge in [0.25, 0.3) is 0 Å². The molecule has 72 valence electrons. The lowest BCUT2D eigenvalue weighted by Crippen LogP contribution is -2.53. The lowest BCUT2D eigenvalue weighted by Gasteiger charge is -2.39. The molecule has 0 spiro atoms. The zero-order valence-corrected chi connectivity index (χ0v) is 7.34. The molecule has 0 radical (unpaired) electrons. The predicted molar refractivity (Wildman–Crippen MR) is 42.6 cm³/mol. The van der Waals surface area contributed by atoms with Gasteiger partial charge in [0, 0.05) is 5.92 Å². The second-order valence-corrected chi connectivity index (χ2v) is 3.40. The van der Waals surface area contributed by atoms with E-state index in [4.69, 9.17) is 9.84 Å². The van der Waals surface area contributed by atoms with Crippen molar-refractivity contribution in [2.45, 2.75) is 38.3 Å². The van der Waals surface area contributed by atoms with Gasteiger partial charge in [-0.1, -0.05) is 6.92 Å². The normalized spacial score (nSPS) is 49.2. The molecule has 1 rings (SSSR count). The molecule has 0 saturated carbocycles. The smallest absolute Gasteiger partial charge is 0.109 e. The van der Waals surface area contributed by atoms with Gasteiger partial charge in [-0.3, -0.25) is 0 Å². The van der Waals surface area contributed by atoms with E-state index in [1.807, 2.05) is 13.8 Å². The largest absolute Gasteiger partial charge is 0.394 e. The van der Waals surface area contributed by atoms with Crippen LogP contribution in [-0.2, 0) is 4.74 Å². The molecule has 0 aromatic heterocycles. The summed E-state index contributed by atoms with van der Waals surface area (Å²) in [5.74, 6) is -0.0946. The highest BCUT2D eigenvalue weighted by Gasteiger charge is 2.39. The summed E-state index contributed by atoms with van der Waals surface area (Å²) in [5, 5.41) is 27.7. The molecular formula is C8H16O4. The van der Waals surface area contributed by atoms with Crippen molar-refractivity contribution in [3.05, 3.63) is 0 Å². The average Bonchev–Trinajstić information content (AvgIpc) is 2.08. The van der Waals surface area contributed by atoms with E-state index in [0.29, 0.717) is 0 Å². The standard InChI is InChI=1S/C8H16O4/c1-4-5(2)12-6(3-9)8(11)7(4)10/h4-11H,3H2,1-2H3/t4?,5-,6?,7?,8+/m0/s1. The van der Waals surface area contributed by atoms with Crippen LogP contribution in [0.3, 0.4) is 0 Å². The minimum absolute atomic E-state index is 0.0946. The summed E-state index contributed by atoms with van der Waals surface area (Å²) in [6.07, 6.45) is -2.54. The molecular weight excluding hydrogens is 160 g/mol. The number of hydrogen-bond donors (Lipinski definition) is 3. The molecule has 1 fully saturated rings. The van der Waals surface area contributed by atoms with Gasteiger partial charge in [-0.05, 0) is 6.92 Å². The Bertz CT molecular complexity index is 145. The van der Waals surface area contributed by atoms with Crippen molar-refractivity contribution in [3.63, 3.8) is 0 Å². The van der Waals surface area contributed by atoms with Crippen molar-refractivity contribution in [3.8, 4) is 0 Å². The third kappa shape index (κ3) is 1.61. The van der Waals surface area contributed by atoms with Crippen molar-refractivity contribution in [2.75, 3.05) is 6.61 Å². The van der Waals surface area contributed by atoms with Gasteiger partial charge in [0.2, 0.25) is 0 Å². The maximum atomic E-state index is 9.48. The molecule has 12 heavy (non-hydrogen) atoms. The summed E-state index contributed by atoms with van der Waals surface area (Å²) < 4.78 is 5.27. The molecule has 3 unspecified atom stereocenters. The highest BCUT2D eigenvalue weighted by atomic mass is 16.5. The summed E-state index contributed by atoms with van der Waals surface area (Å²) in [5.41, 5.74) is 0. The molecule has 0 aromatic rings. The Labute approximate surface area is 71.8 Å². The summed E-state index contributed by atoms with van der Waals surface area (Å²) >= 11 is 0. The molecule has 1 aliphatic heterocycles. The van der Waals surface area contributed by atoms with E-state index in [-0.39, 0.29) is 18.6 Å². The zero-order valence-electron chi connectivity index (χ0n) is 7.34. The van der Waals surface area contributed by atoms with Crippen LogP contribution in [-0.4, -0.2) is 46.3 Å². The van der Waals surface area contributed by atoms with Crippen molar-refractivity contribution in [2.24, 2.45) is 5.92 Å². The van der Waals surface area contributed by atoms with Crippen molar-refractivity contribution in [1.29, 1.82) is 0 Å². The first kappa shape index (κ1) is 9.92. The van der Waals surface area contributed by atoms with Crippen LogP contribution >= 0.6 is 0 Å². The number of rotatable bonds is 1. The van der Waals surface area contributed by atoms with E-state index in [1.165, 1.54) is 0 Å². The molecule has 0 aliphatic carbocycles. The second kappa shape index (κ2) is 3.70. The van der Waals surface area contributed by atoms with Gasteiger partial charge in [-0.15, -0.1) is 0 Å². The number of hydrogen-bond acceptors (Lipinski definition) is 4. The lowest BCUT2D eigenvalue weighted by atomic mass is 9.89. The molecule has 0 aromatic carbocycles. The lowest BCUT2D eigenvalue weighted by molar-refractivity contribution is -0.200. The Morgan fingerprint density at radius 1 is 1.17 bits per heavy atom. The van der Waals surface area contributed by atoms with Gasteiger partial charge in [-0.2, -0.15) is 0 Å². The fraction of sp³-hybridized carbons (Fsp3) is 1.00. The minimum atomic E-state index is -0.971. The van der Waals surface area contributed by atoms with Gasteiger partial charge in [0.15, 0.2) is 0 Å². The Kier molecular flexibility index (Phi) is 3.06. The first-order chi connectivity index (χ1) is 5.57. The van der Waals surface area contributed by atoms with E-state index in [0.717, 1.165) is 0 Å². The quantitative estimate of drug-likeness (QED) is 0.485. The minimum Gasteiger partial charge on any atom is -0.394 e. The van der Waals surface area contributed by atoms with Crippen LogP contribution in [0.25, 0.3) is 0 Å². The highest BCUT2D eigenvalue weighted by molar-refractivity contribution is 4.87. The van der Waals surface area contributed by atoms with Gasteiger partial charge < -0.3 is 20.1 Å². The number of aliphatic hydroxyl groups excluding tert-OH is 3. The van der Waals surface area contributed by atoms with Gasteiger partial charge in [-0.25, -0.2) is 0 Å². The summed E-state index contributed by atoms with van der Waals surface area (Å²) in [7, 11) is 0. The van der Waals surface area contributed by atoms with Crippen molar-refractivity contribution < 1.29 is 20.1 Å². The molecule has 1 aliphatic rings. The third-order valence-electron chi connectivity index (χ3n) is 2.58. The van der Waals surface area contributed by atoms with Gasteiger partial charge >= 0.3 is 0 Å².